The second-order valence-electron chi connectivity index (χ2n) is 5.43. The number of benzene rings is 1. The molecule has 0 amide bonds. The molecular weight excluding hydrogens is 347 g/mol. The molecule has 0 radical (unpaired) electrons. The molecule has 2 atom stereocenters. The molecule has 0 aromatic heterocycles. The summed E-state index contributed by atoms with van der Waals surface area (Å²) in [5, 5.41) is 24.3. The number of carboxylic acid groups (broad SMARTS) is 2. The molecule has 2 rings (SSSR count). The van der Waals surface area contributed by atoms with E-state index in [0.29, 0.717) is 24.8 Å². The molecule has 0 heterocycles. The number of carboxylic acids is 2. The van der Waals surface area contributed by atoms with Crippen molar-refractivity contribution in [2.24, 2.45) is 5.73 Å². The van der Waals surface area contributed by atoms with Gasteiger partial charge in [0, 0.05) is 0 Å². The Balaban J connectivity index is 0.000000450. The highest BCUT2D eigenvalue weighted by molar-refractivity contribution is 6.27. The van der Waals surface area contributed by atoms with Crippen molar-refractivity contribution in [1.29, 1.82) is 0 Å². The van der Waals surface area contributed by atoms with Crippen molar-refractivity contribution in [3.63, 3.8) is 0 Å². The van der Waals surface area contributed by atoms with Crippen LogP contribution in [0.25, 0.3) is 0 Å². The number of carbonyl (C=O) groups is 3. The second-order valence-corrected chi connectivity index (χ2v) is 5.43. The Morgan fingerprint density at radius 3 is 2.00 bits per heavy atom. The monoisotopic (exact) mass is 363 g/mol. The van der Waals surface area contributed by atoms with Crippen LogP contribution in [0.2, 0.25) is 0 Å². The third kappa shape index (κ3) is 5.00. The molecule has 1 aromatic rings. The van der Waals surface area contributed by atoms with E-state index in [1.165, 1.54) is 12.1 Å². The summed E-state index contributed by atoms with van der Waals surface area (Å²) in [5.74, 6) is -4.18. The van der Waals surface area contributed by atoms with E-state index >= 15 is 0 Å². The minimum atomic E-state index is -4.42. The minimum absolute atomic E-state index is 0.309. The van der Waals surface area contributed by atoms with Gasteiger partial charge >= 0.3 is 18.1 Å². The number of ketones is 1. The number of carbonyl (C=O) groups excluding carboxylic acids is 1. The van der Waals surface area contributed by atoms with E-state index in [1.54, 1.807) is 0 Å². The molecule has 2 unspecified atom stereocenters. The highest BCUT2D eigenvalue weighted by atomic mass is 19.4. The van der Waals surface area contributed by atoms with Crippen LogP contribution in [0.3, 0.4) is 0 Å². The molecule has 1 aliphatic carbocycles. The van der Waals surface area contributed by atoms with Gasteiger partial charge in [0.15, 0.2) is 5.78 Å². The van der Waals surface area contributed by atoms with Gasteiger partial charge in [-0.05, 0) is 37.0 Å². The molecule has 5 N–H and O–H groups in total. The van der Waals surface area contributed by atoms with Crippen LogP contribution in [0.4, 0.5) is 13.2 Å². The summed E-state index contributed by atoms with van der Waals surface area (Å²) in [5.41, 5.74) is 4.12. The molecule has 25 heavy (non-hydrogen) atoms. The Morgan fingerprint density at radius 2 is 1.60 bits per heavy atom. The predicted octanol–water partition coefficient (Wildman–Crippen LogP) is 1.13. The first kappa shape index (κ1) is 20.6. The van der Waals surface area contributed by atoms with Crippen LogP contribution in [0.1, 0.15) is 30.4 Å². The van der Waals surface area contributed by atoms with Crippen molar-refractivity contribution in [3.8, 4) is 0 Å². The standard InChI is InChI=1S/C13H14F3NO2.C2H2O4/c14-13(15,16)9-5-3-8(4-6-9)12(17)7-1-2-10(18)11(12)19;3-1(4)2(5)6/h3-6,10,18H,1-2,7,17H2;(H,3,4)(H,5,6). The second kappa shape index (κ2) is 7.62. The smallest absolute Gasteiger partial charge is 0.416 e. The molecule has 1 fully saturated rings. The van der Waals surface area contributed by atoms with Crippen LogP contribution < -0.4 is 5.73 Å². The van der Waals surface area contributed by atoms with E-state index in [0.717, 1.165) is 12.1 Å². The van der Waals surface area contributed by atoms with E-state index < -0.39 is 41.1 Å². The number of nitrogens with two attached hydrogens (primary N) is 1. The average molecular weight is 363 g/mol. The largest absolute Gasteiger partial charge is 0.473 e. The lowest BCUT2D eigenvalue weighted by molar-refractivity contribution is -0.159. The van der Waals surface area contributed by atoms with Gasteiger partial charge in [0.2, 0.25) is 0 Å². The summed E-state index contributed by atoms with van der Waals surface area (Å²) in [4.78, 5) is 30.1. The van der Waals surface area contributed by atoms with Crippen LogP contribution in [0.5, 0.6) is 0 Å². The van der Waals surface area contributed by atoms with Gasteiger partial charge in [-0.25, -0.2) is 9.59 Å². The quantitative estimate of drug-likeness (QED) is 0.549. The number of halogens is 3. The first-order valence-electron chi connectivity index (χ1n) is 7.05. The summed E-state index contributed by atoms with van der Waals surface area (Å²) in [6.45, 7) is 0. The Labute approximate surface area is 139 Å². The zero-order valence-electron chi connectivity index (χ0n) is 12.8. The molecule has 0 bridgehead atoms. The van der Waals surface area contributed by atoms with Crippen molar-refractivity contribution >= 4 is 17.7 Å². The maximum Gasteiger partial charge on any atom is 0.416 e. The number of alkyl halides is 3. The van der Waals surface area contributed by atoms with Crippen molar-refractivity contribution < 1.29 is 42.9 Å². The summed E-state index contributed by atoms with van der Waals surface area (Å²) < 4.78 is 37.4. The molecule has 0 spiro atoms. The van der Waals surface area contributed by atoms with E-state index in [-0.39, 0.29) is 0 Å². The first-order chi connectivity index (χ1) is 11.4. The fourth-order valence-electron chi connectivity index (χ4n) is 2.37. The zero-order valence-corrected chi connectivity index (χ0v) is 12.8. The van der Waals surface area contributed by atoms with Crippen LogP contribution >= 0.6 is 0 Å². The highest BCUT2D eigenvalue weighted by Crippen LogP contribution is 2.35. The molecule has 1 aromatic carbocycles. The molecule has 1 aliphatic rings. The van der Waals surface area contributed by atoms with E-state index in [9.17, 15) is 23.1 Å². The molecule has 10 heteroatoms. The normalized spacial score (nSPS) is 23.4. The summed E-state index contributed by atoms with van der Waals surface area (Å²) in [6, 6.07) is 4.22. The maximum absolute atomic E-state index is 12.5. The van der Waals surface area contributed by atoms with Gasteiger partial charge < -0.3 is 21.1 Å². The Morgan fingerprint density at radius 1 is 1.12 bits per heavy atom. The first-order valence-corrected chi connectivity index (χ1v) is 7.05. The van der Waals surface area contributed by atoms with Crippen molar-refractivity contribution in [1.82, 2.24) is 0 Å². The zero-order chi connectivity index (χ0) is 19.4. The SMILES string of the molecule is NC1(c2ccc(C(F)(F)F)cc2)CCCC(O)C1=O.O=C(O)C(=O)O. The fraction of sp³-hybridized carbons (Fsp3) is 0.400. The topological polar surface area (TPSA) is 138 Å². The number of hydrogen-bond donors (Lipinski definition) is 4. The van der Waals surface area contributed by atoms with E-state index in [4.69, 9.17) is 25.5 Å². The van der Waals surface area contributed by atoms with Gasteiger partial charge in [-0.3, -0.25) is 4.79 Å². The molecule has 7 nitrogen and oxygen atoms in total. The van der Waals surface area contributed by atoms with Gasteiger partial charge in [0.1, 0.15) is 11.6 Å². The number of aliphatic hydroxyl groups excluding tert-OH is 1. The van der Waals surface area contributed by atoms with Crippen molar-refractivity contribution in [2.75, 3.05) is 0 Å². The van der Waals surface area contributed by atoms with Gasteiger partial charge in [0.05, 0.1) is 5.56 Å². The fourth-order valence-corrected chi connectivity index (χ4v) is 2.37. The molecular formula is C15H16F3NO6. The summed E-state index contributed by atoms with van der Waals surface area (Å²) in [7, 11) is 0. The van der Waals surface area contributed by atoms with Gasteiger partial charge in [-0.15, -0.1) is 0 Å². The van der Waals surface area contributed by atoms with Crippen molar-refractivity contribution in [2.45, 2.75) is 37.1 Å². The third-order valence-electron chi connectivity index (χ3n) is 3.70. The lowest BCUT2D eigenvalue weighted by Crippen LogP contribution is -2.52. The number of rotatable bonds is 1. The van der Waals surface area contributed by atoms with E-state index in [1.807, 2.05) is 0 Å². The van der Waals surface area contributed by atoms with Crippen LogP contribution in [-0.2, 0) is 26.1 Å². The number of aliphatic hydroxyl groups is 1. The van der Waals surface area contributed by atoms with Gasteiger partial charge in [-0.2, -0.15) is 13.2 Å². The Bertz CT molecular complexity index is 646. The van der Waals surface area contributed by atoms with Crippen molar-refractivity contribution in [3.05, 3.63) is 35.4 Å². The molecule has 0 saturated heterocycles. The highest BCUT2D eigenvalue weighted by Gasteiger charge is 2.42. The van der Waals surface area contributed by atoms with Crippen LogP contribution in [-0.4, -0.2) is 39.1 Å². The predicted molar refractivity (Wildman–Crippen MR) is 77.4 cm³/mol. The summed E-state index contributed by atoms with van der Waals surface area (Å²) in [6.07, 6.45) is -4.32. The van der Waals surface area contributed by atoms with Gasteiger partial charge in [0.25, 0.3) is 0 Å². The molecule has 138 valence electrons. The number of Topliss-reactive ketones (excluding diaryl/α,β-unsaturated/α-hetero) is 1. The molecule has 1 saturated carbocycles. The Kier molecular flexibility index (Phi) is 6.27. The average Bonchev–Trinajstić information content (AvgIpc) is 2.52. The lowest BCUT2D eigenvalue weighted by Gasteiger charge is -2.34. The minimum Gasteiger partial charge on any atom is -0.473 e. The van der Waals surface area contributed by atoms with Crippen LogP contribution in [0, 0.1) is 0 Å². The molecule has 0 aliphatic heterocycles. The maximum atomic E-state index is 12.5. The third-order valence-corrected chi connectivity index (χ3v) is 3.70. The Hall–Kier alpha value is -2.46. The van der Waals surface area contributed by atoms with E-state index in [2.05, 4.69) is 0 Å². The number of hydrogen-bond acceptors (Lipinski definition) is 5. The lowest BCUT2D eigenvalue weighted by atomic mass is 9.75. The van der Waals surface area contributed by atoms with Crippen LogP contribution in [0.15, 0.2) is 24.3 Å². The van der Waals surface area contributed by atoms with Gasteiger partial charge in [-0.1, -0.05) is 12.1 Å². The summed E-state index contributed by atoms with van der Waals surface area (Å²) >= 11 is 0. The number of aliphatic carboxylic acids is 2.